The summed E-state index contributed by atoms with van der Waals surface area (Å²) in [5.41, 5.74) is 6.23. The second-order valence-corrected chi connectivity index (χ2v) is 3.78. The van der Waals surface area contributed by atoms with E-state index < -0.39 is 6.04 Å². The minimum atomic E-state index is -0.440. The summed E-state index contributed by atoms with van der Waals surface area (Å²) in [6.45, 7) is 3.86. The SMILES string of the molecule is CC(C)C(N=Cc1ccccc1)C(N)=O. The third-order valence-corrected chi connectivity index (χ3v) is 2.11. The van der Waals surface area contributed by atoms with Crippen molar-refractivity contribution in [2.75, 3.05) is 0 Å². The lowest BCUT2D eigenvalue weighted by Crippen LogP contribution is -2.31. The minimum absolute atomic E-state index is 0.127. The molecule has 0 saturated carbocycles. The first-order chi connectivity index (χ1) is 7.11. The van der Waals surface area contributed by atoms with Crippen LogP contribution in [0.4, 0.5) is 0 Å². The van der Waals surface area contributed by atoms with Gasteiger partial charge in [0.1, 0.15) is 6.04 Å². The molecule has 0 radical (unpaired) electrons. The number of hydrogen-bond acceptors (Lipinski definition) is 2. The van der Waals surface area contributed by atoms with Crippen LogP contribution in [0.3, 0.4) is 0 Å². The molecule has 1 atom stereocenters. The molecular weight excluding hydrogens is 188 g/mol. The van der Waals surface area contributed by atoms with Gasteiger partial charge in [0.05, 0.1) is 0 Å². The number of aliphatic imine (C=N–C) groups is 1. The van der Waals surface area contributed by atoms with E-state index in [4.69, 9.17) is 5.73 Å². The van der Waals surface area contributed by atoms with Crippen LogP contribution < -0.4 is 5.73 Å². The summed E-state index contributed by atoms with van der Waals surface area (Å²) >= 11 is 0. The number of benzene rings is 1. The predicted octanol–water partition coefficient (Wildman–Crippen LogP) is 1.62. The van der Waals surface area contributed by atoms with Crippen molar-refractivity contribution < 1.29 is 4.79 Å². The molecule has 1 aromatic rings. The van der Waals surface area contributed by atoms with Crippen LogP contribution in [-0.2, 0) is 4.79 Å². The van der Waals surface area contributed by atoms with Gasteiger partial charge in [0.2, 0.25) is 5.91 Å². The van der Waals surface area contributed by atoms with Crippen LogP contribution in [0.2, 0.25) is 0 Å². The number of carbonyl (C=O) groups excluding carboxylic acids is 1. The molecule has 80 valence electrons. The molecule has 3 nitrogen and oxygen atoms in total. The Morgan fingerprint density at radius 2 is 1.93 bits per heavy atom. The van der Waals surface area contributed by atoms with Crippen molar-refractivity contribution in [1.82, 2.24) is 0 Å². The highest BCUT2D eigenvalue weighted by atomic mass is 16.1. The van der Waals surface area contributed by atoms with Crippen molar-refractivity contribution in [3.63, 3.8) is 0 Å². The van der Waals surface area contributed by atoms with E-state index in [1.807, 2.05) is 44.2 Å². The minimum Gasteiger partial charge on any atom is -0.368 e. The zero-order valence-electron chi connectivity index (χ0n) is 9.05. The first-order valence-electron chi connectivity index (χ1n) is 4.99. The van der Waals surface area contributed by atoms with E-state index >= 15 is 0 Å². The molecule has 15 heavy (non-hydrogen) atoms. The zero-order chi connectivity index (χ0) is 11.3. The Morgan fingerprint density at radius 3 is 2.40 bits per heavy atom. The molecule has 1 unspecified atom stereocenters. The molecular formula is C12H16N2O. The fraction of sp³-hybridized carbons (Fsp3) is 0.333. The lowest BCUT2D eigenvalue weighted by Gasteiger charge is -2.11. The number of primary amides is 1. The number of amides is 1. The summed E-state index contributed by atoms with van der Waals surface area (Å²) in [6, 6.07) is 9.21. The maximum Gasteiger partial charge on any atom is 0.242 e. The smallest absolute Gasteiger partial charge is 0.242 e. The number of hydrogen-bond donors (Lipinski definition) is 1. The summed E-state index contributed by atoms with van der Waals surface area (Å²) < 4.78 is 0. The van der Waals surface area contributed by atoms with Gasteiger partial charge < -0.3 is 5.73 Å². The van der Waals surface area contributed by atoms with Crippen LogP contribution in [-0.4, -0.2) is 18.2 Å². The van der Waals surface area contributed by atoms with Crippen LogP contribution in [0.15, 0.2) is 35.3 Å². The summed E-state index contributed by atoms with van der Waals surface area (Å²) in [4.78, 5) is 15.3. The maximum absolute atomic E-state index is 11.1. The Bertz CT molecular complexity index is 344. The summed E-state index contributed by atoms with van der Waals surface area (Å²) in [6.07, 6.45) is 1.69. The standard InChI is InChI=1S/C12H16N2O/c1-9(2)11(12(13)15)14-8-10-6-4-3-5-7-10/h3-9,11H,1-2H3,(H2,13,15). The highest BCUT2D eigenvalue weighted by molar-refractivity contribution is 5.85. The molecule has 0 aliphatic rings. The molecule has 1 rings (SSSR count). The Morgan fingerprint density at radius 1 is 1.33 bits per heavy atom. The van der Waals surface area contributed by atoms with E-state index in [1.165, 1.54) is 0 Å². The Labute approximate surface area is 90.0 Å². The Kier molecular flexibility index (Phi) is 4.03. The average molecular weight is 204 g/mol. The van der Waals surface area contributed by atoms with Gasteiger partial charge in [0.15, 0.2) is 0 Å². The van der Waals surface area contributed by atoms with Crippen LogP contribution >= 0.6 is 0 Å². The molecule has 0 heterocycles. The van der Waals surface area contributed by atoms with Gasteiger partial charge in [-0.1, -0.05) is 44.2 Å². The number of rotatable bonds is 4. The lowest BCUT2D eigenvalue weighted by molar-refractivity contribution is -0.119. The molecule has 0 aliphatic heterocycles. The number of nitrogens with zero attached hydrogens (tertiary/aromatic N) is 1. The average Bonchev–Trinajstić information content (AvgIpc) is 2.18. The van der Waals surface area contributed by atoms with Crippen molar-refractivity contribution in [2.45, 2.75) is 19.9 Å². The van der Waals surface area contributed by atoms with Crippen molar-refractivity contribution in [2.24, 2.45) is 16.6 Å². The first-order valence-corrected chi connectivity index (χ1v) is 4.99. The Hall–Kier alpha value is -1.64. The molecule has 0 fully saturated rings. The molecule has 1 aromatic carbocycles. The third-order valence-electron chi connectivity index (χ3n) is 2.11. The molecule has 1 amide bonds. The van der Waals surface area contributed by atoms with Gasteiger partial charge in [-0.2, -0.15) is 0 Å². The largest absolute Gasteiger partial charge is 0.368 e. The molecule has 0 aliphatic carbocycles. The van der Waals surface area contributed by atoms with E-state index in [-0.39, 0.29) is 11.8 Å². The van der Waals surface area contributed by atoms with Gasteiger partial charge >= 0.3 is 0 Å². The van der Waals surface area contributed by atoms with E-state index in [9.17, 15) is 4.79 Å². The van der Waals surface area contributed by atoms with Gasteiger partial charge in [-0.3, -0.25) is 9.79 Å². The van der Waals surface area contributed by atoms with Gasteiger partial charge in [0.25, 0.3) is 0 Å². The fourth-order valence-electron chi connectivity index (χ4n) is 1.28. The second kappa shape index (κ2) is 5.29. The molecule has 3 heteroatoms. The highest BCUT2D eigenvalue weighted by Crippen LogP contribution is 2.06. The fourth-order valence-corrected chi connectivity index (χ4v) is 1.28. The highest BCUT2D eigenvalue weighted by Gasteiger charge is 2.16. The molecule has 0 saturated heterocycles. The zero-order valence-corrected chi connectivity index (χ0v) is 9.05. The second-order valence-electron chi connectivity index (χ2n) is 3.78. The molecule has 2 N–H and O–H groups in total. The van der Waals surface area contributed by atoms with Crippen molar-refractivity contribution in [1.29, 1.82) is 0 Å². The number of nitrogens with two attached hydrogens (primary N) is 1. The van der Waals surface area contributed by atoms with E-state index in [1.54, 1.807) is 6.21 Å². The lowest BCUT2D eigenvalue weighted by atomic mass is 10.0. The molecule has 0 aromatic heterocycles. The van der Waals surface area contributed by atoms with E-state index in [0.29, 0.717) is 0 Å². The normalized spacial score (nSPS) is 13.3. The van der Waals surface area contributed by atoms with E-state index in [0.717, 1.165) is 5.56 Å². The van der Waals surface area contributed by atoms with Crippen molar-refractivity contribution in [3.8, 4) is 0 Å². The topological polar surface area (TPSA) is 55.4 Å². The van der Waals surface area contributed by atoms with Gasteiger partial charge in [-0.25, -0.2) is 0 Å². The first kappa shape index (κ1) is 11.4. The molecule has 0 bridgehead atoms. The quantitative estimate of drug-likeness (QED) is 0.744. The third kappa shape index (κ3) is 3.54. The summed E-state index contributed by atoms with van der Waals surface area (Å²) in [7, 11) is 0. The Balaban J connectivity index is 2.75. The summed E-state index contributed by atoms with van der Waals surface area (Å²) in [5, 5.41) is 0. The summed E-state index contributed by atoms with van der Waals surface area (Å²) in [5.74, 6) is -0.250. The van der Waals surface area contributed by atoms with Crippen LogP contribution in [0.25, 0.3) is 0 Å². The van der Waals surface area contributed by atoms with Crippen LogP contribution in [0.5, 0.6) is 0 Å². The molecule has 0 spiro atoms. The van der Waals surface area contributed by atoms with Crippen LogP contribution in [0, 0.1) is 5.92 Å². The van der Waals surface area contributed by atoms with Gasteiger partial charge in [-0.15, -0.1) is 0 Å². The monoisotopic (exact) mass is 204 g/mol. The number of carbonyl (C=O) groups is 1. The van der Waals surface area contributed by atoms with Gasteiger partial charge in [0, 0.05) is 6.21 Å². The van der Waals surface area contributed by atoms with Crippen molar-refractivity contribution in [3.05, 3.63) is 35.9 Å². The predicted molar refractivity (Wildman–Crippen MR) is 61.9 cm³/mol. The van der Waals surface area contributed by atoms with E-state index in [2.05, 4.69) is 4.99 Å². The van der Waals surface area contributed by atoms with Crippen molar-refractivity contribution >= 4 is 12.1 Å². The maximum atomic E-state index is 11.1. The van der Waals surface area contributed by atoms with Gasteiger partial charge in [-0.05, 0) is 11.5 Å². The van der Waals surface area contributed by atoms with Crippen LogP contribution in [0.1, 0.15) is 19.4 Å².